The molecule has 34 heavy (non-hydrogen) atoms. The number of anilines is 1. The second kappa shape index (κ2) is 10.6. The topological polar surface area (TPSA) is 113 Å². The Morgan fingerprint density at radius 3 is 2.41 bits per heavy atom. The van der Waals surface area contributed by atoms with Crippen LogP contribution in [0.1, 0.15) is 22.5 Å². The number of piperidine rings is 1. The summed E-state index contributed by atoms with van der Waals surface area (Å²) in [5.74, 6) is -1.19. The van der Waals surface area contributed by atoms with Crippen LogP contribution in [0.25, 0.3) is 0 Å². The highest BCUT2D eigenvalue weighted by atomic mass is 32.1. The molecule has 0 spiro atoms. The molecular formula is C23H26N4O6S. The third kappa shape index (κ3) is 5.53. The van der Waals surface area contributed by atoms with Crippen molar-refractivity contribution in [3.05, 3.63) is 56.8 Å². The first-order chi connectivity index (χ1) is 16.4. The van der Waals surface area contributed by atoms with Gasteiger partial charge < -0.3 is 19.4 Å². The van der Waals surface area contributed by atoms with E-state index in [9.17, 15) is 24.5 Å². The standard InChI is InChI=1S/C23H26N4O6S/c28-21(25-12-10-24(11-13-25)18-5-7-19(8-6-18)27(31)32)16-33-23(30)17-3-1-9-26(15-17)22(29)20-4-2-14-34-20/h2,4-8,14,17H,1,3,9-13,15-16H2. The molecule has 10 nitrogen and oxygen atoms in total. The van der Waals surface area contributed by atoms with Crippen LogP contribution in [0.2, 0.25) is 0 Å². The molecule has 180 valence electrons. The van der Waals surface area contributed by atoms with E-state index in [0.717, 1.165) is 12.1 Å². The molecule has 1 atom stereocenters. The van der Waals surface area contributed by atoms with E-state index in [1.54, 1.807) is 28.0 Å². The zero-order valence-corrected chi connectivity index (χ0v) is 19.4. The Morgan fingerprint density at radius 1 is 1.03 bits per heavy atom. The molecule has 0 bridgehead atoms. The molecule has 2 aromatic rings. The minimum atomic E-state index is -0.443. The Morgan fingerprint density at radius 2 is 1.76 bits per heavy atom. The maximum Gasteiger partial charge on any atom is 0.311 e. The van der Waals surface area contributed by atoms with Crippen molar-refractivity contribution in [2.45, 2.75) is 12.8 Å². The Hall–Kier alpha value is -3.47. The second-order valence-corrected chi connectivity index (χ2v) is 9.26. The van der Waals surface area contributed by atoms with Crippen molar-refractivity contribution >= 4 is 40.5 Å². The molecule has 0 N–H and O–H groups in total. The summed E-state index contributed by atoms with van der Waals surface area (Å²) in [5, 5.41) is 12.7. The SMILES string of the molecule is O=C(OCC(=O)N1CCN(c2ccc([N+](=O)[O-])cc2)CC1)C1CCCN(C(=O)c2cccs2)C1. The van der Waals surface area contributed by atoms with Gasteiger partial charge in [0.05, 0.1) is 15.7 Å². The maximum atomic E-state index is 12.6. The molecule has 2 fully saturated rings. The normalized spacial score (nSPS) is 18.5. The highest BCUT2D eigenvalue weighted by Gasteiger charge is 2.31. The largest absolute Gasteiger partial charge is 0.455 e. The van der Waals surface area contributed by atoms with Gasteiger partial charge in [0.2, 0.25) is 0 Å². The number of hydrogen-bond donors (Lipinski definition) is 0. The van der Waals surface area contributed by atoms with Crippen LogP contribution in [0.5, 0.6) is 0 Å². The van der Waals surface area contributed by atoms with Crippen LogP contribution in [-0.4, -0.2) is 78.4 Å². The zero-order chi connectivity index (χ0) is 24.1. The van der Waals surface area contributed by atoms with Gasteiger partial charge in [0.25, 0.3) is 17.5 Å². The van der Waals surface area contributed by atoms with Gasteiger partial charge in [0.15, 0.2) is 6.61 Å². The van der Waals surface area contributed by atoms with Crippen LogP contribution in [0.15, 0.2) is 41.8 Å². The summed E-state index contributed by atoms with van der Waals surface area (Å²) >= 11 is 1.38. The molecule has 0 radical (unpaired) electrons. The summed E-state index contributed by atoms with van der Waals surface area (Å²) in [6.07, 6.45) is 1.35. The Balaban J connectivity index is 1.22. The molecule has 0 saturated carbocycles. The number of rotatable bonds is 6. The van der Waals surface area contributed by atoms with E-state index >= 15 is 0 Å². The lowest BCUT2D eigenvalue weighted by atomic mass is 9.98. The molecular weight excluding hydrogens is 460 g/mol. The minimum Gasteiger partial charge on any atom is -0.455 e. The fourth-order valence-electron chi connectivity index (χ4n) is 4.25. The number of nitro benzene ring substituents is 1. The molecule has 2 aliphatic rings. The van der Waals surface area contributed by atoms with Crippen molar-refractivity contribution in [1.29, 1.82) is 0 Å². The predicted octanol–water partition coefficient (Wildman–Crippen LogP) is 2.40. The number of carbonyl (C=O) groups excluding carboxylic acids is 3. The Kier molecular flexibility index (Phi) is 7.41. The predicted molar refractivity (Wildman–Crippen MR) is 126 cm³/mol. The minimum absolute atomic E-state index is 0.0383. The highest BCUT2D eigenvalue weighted by Crippen LogP contribution is 2.22. The molecule has 1 aromatic carbocycles. The van der Waals surface area contributed by atoms with Crippen molar-refractivity contribution in [2.24, 2.45) is 5.92 Å². The molecule has 2 aliphatic heterocycles. The summed E-state index contributed by atoms with van der Waals surface area (Å²) < 4.78 is 5.32. The number of hydrogen-bond acceptors (Lipinski definition) is 8. The van der Waals surface area contributed by atoms with Crippen LogP contribution < -0.4 is 4.90 Å². The molecule has 1 unspecified atom stereocenters. The molecule has 3 heterocycles. The van der Waals surface area contributed by atoms with Gasteiger partial charge in [-0.1, -0.05) is 6.07 Å². The van der Waals surface area contributed by atoms with E-state index < -0.39 is 16.8 Å². The lowest BCUT2D eigenvalue weighted by Gasteiger charge is -2.36. The van der Waals surface area contributed by atoms with Gasteiger partial charge in [-0.2, -0.15) is 0 Å². The molecule has 2 amide bonds. The van der Waals surface area contributed by atoms with Crippen LogP contribution in [-0.2, 0) is 14.3 Å². The first-order valence-electron chi connectivity index (χ1n) is 11.2. The number of piperazine rings is 1. The van der Waals surface area contributed by atoms with Crippen molar-refractivity contribution in [3.8, 4) is 0 Å². The number of nitro groups is 1. The van der Waals surface area contributed by atoms with E-state index in [2.05, 4.69) is 4.90 Å². The number of thiophene rings is 1. The molecule has 4 rings (SSSR count). The number of carbonyl (C=O) groups is 3. The third-order valence-corrected chi connectivity index (χ3v) is 7.03. The molecule has 0 aliphatic carbocycles. The lowest BCUT2D eigenvalue weighted by Crippen LogP contribution is -2.50. The summed E-state index contributed by atoms with van der Waals surface area (Å²) in [7, 11) is 0. The lowest BCUT2D eigenvalue weighted by molar-refractivity contribution is -0.384. The fourth-order valence-corrected chi connectivity index (χ4v) is 4.94. The second-order valence-electron chi connectivity index (χ2n) is 8.32. The Bertz CT molecular complexity index is 1030. The highest BCUT2D eigenvalue weighted by molar-refractivity contribution is 7.12. The van der Waals surface area contributed by atoms with Crippen LogP contribution in [0, 0.1) is 16.0 Å². The van der Waals surface area contributed by atoms with E-state index in [1.807, 2.05) is 11.4 Å². The summed E-state index contributed by atoms with van der Waals surface area (Å²) in [5.41, 5.74) is 0.902. The van der Waals surface area contributed by atoms with E-state index in [1.165, 1.54) is 23.5 Å². The number of amides is 2. The van der Waals surface area contributed by atoms with Crippen LogP contribution >= 0.6 is 11.3 Å². The Labute approximate surface area is 200 Å². The van der Waals surface area contributed by atoms with Gasteiger partial charge in [-0.05, 0) is 36.4 Å². The zero-order valence-electron chi connectivity index (χ0n) is 18.6. The third-order valence-electron chi connectivity index (χ3n) is 6.17. The summed E-state index contributed by atoms with van der Waals surface area (Å²) in [6.45, 7) is 2.71. The quantitative estimate of drug-likeness (QED) is 0.350. The van der Waals surface area contributed by atoms with Gasteiger partial charge >= 0.3 is 5.97 Å². The van der Waals surface area contributed by atoms with Gasteiger partial charge in [-0.25, -0.2) is 0 Å². The van der Waals surface area contributed by atoms with Crippen LogP contribution in [0.4, 0.5) is 11.4 Å². The number of likely N-dealkylation sites (tertiary alicyclic amines) is 1. The molecule has 2 saturated heterocycles. The van der Waals surface area contributed by atoms with E-state index in [-0.39, 0.29) is 24.1 Å². The van der Waals surface area contributed by atoms with E-state index in [4.69, 9.17) is 4.74 Å². The van der Waals surface area contributed by atoms with Gasteiger partial charge in [0.1, 0.15) is 0 Å². The average molecular weight is 487 g/mol. The first-order valence-corrected chi connectivity index (χ1v) is 12.1. The number of esters is 1. The van der Waals surface area contributed by atoms with Gasteiger partial charge in [-0.3, -0.25) is 24.5 Å². The smallest absolute Gasteiger partial charge is 0.311 e. The van der Waals surface area contributed by atoms with Crippen molar-refractivity contribution in [1.82, 2.24) is 9.80 Å². The number of non-ortho nitro benzene ring substituents is 1. The molecule has 1 aromatic heterocycles. The van der Waals surface area contributed by atoms with Crippen molar-refractivity contribution < 1.29 is 24.0 Å². The van der Waals surface area contributed by atoms with Crippen molar-refractivity contribution in [3.63, 3.8) is 0 Å². The summed E-state index contributed by atoms with van der Waals surface area (Å²) in [4.78, 5) is 54.1. The first kappa shape index (κ1) is 23.7. The summed E-state index contributed by atoms with van der Waals surface area (Å²) in [6, 6.07) is 9.93. The maximum absolute atomic E-state index is 12.6. The van der Waals surface area contributed by atoms with Gasteiger partial charge in [-0.15, -0.1) is 11.3 Å². The average Bonchev–Trinajstić information content (AvgIpc) is 3.42. The number of nitrogens with zero attached hydrogens (tertiary/aromatic N) is 4. The number of ether oxygens (including phenoxy) is 1. The van der Waals surface area contributed by atoms with Crippen molar-refractivity contribution in [2.75, 3.05) is 50.8 Å². The molecule has 11 heteroatoms. The van der Waals surface area contributed by atoms with E-state index in [0.29, 0.717) is 50.6 Å². The number of benzene rings is 1. The van der Waals surface area contributed by atoms with Gasteiger partial charge in [0, 0.05) is 57.1 Å². The van der Waals surface area contributed by atoms with Crippen LogP contribution in [0.3, 0.4) is 0 Å². The monoisotopic (exact) mass is 486 g/mol. The fraction of sp³-hybridized carbons (Fsp3) is 0.435.